The van der Waals surface area contributed by atoms with E-state index in [9.17, 15) is 9.59 Å². The van der Waals surface area contributed by atoms with Gasteiger partial charge in [0.25, 0.3) is 5.56 Å². The first-order chi connectivity index (χ1) is 12.7. The van der Waals surface area contributed by atoms with Gasteiger partial charge in [-0.25, -0.2) is 4.68 Å². The summed E-state index contributed by atoms with van der Waals surface area (Å²) in [6.45, 7) is 0.756. The summed E-state index contributed by atoms with van der Waals surface area (Å²) in [4.78, 5) is 26.6. The lowest BCUT2D eigenvalue weighted by Gasteiger charge is -2.29. The van der Waals surface area contributed by atoms with E-state index in [0.29, 0.717) is 24.6 Å². The highest BCUT2D eigenvalue weighted by molar-refractivity contribution is 5.95. The van der Waals surface area contributed by atoms with Crippen molar-refractivity contribution in [2.45, 2.75) is 6.54 Å². The molecule has 1 aliphatic heterocycles. The van der Waals surface area contributed by atoms with Gasteiger partial charge in [0.1, 0.15) is 18.9 Å². The summed E-state index contributed by atoms with van der Waals surface area (Å²) >= 11 is 0. The van der Waals surface area contributed by atoms with E-state index < -0.39 is 0 Å². The summed E-state index contributed by atoms with van der Waals surface area (Å²) in [7, 11) is 0. The number of carbonyl (C=O) groups excluding carboxylic acids is 1. The van der Waals surface area contributed by atoms with Crippen LogP contribution in [0.5, 0.6) is 5.75 Å². The first-order valence-corrected chi connectivity index (χ1v) is 8.38. The van der Waals surface area contributed by atoms with Gasteiger partial charge in [-0.05, 0) is 18.2 Å². The average Bonchev–Trinajstić information content (AvgIpc) is 2.70. The molecule has 1 aromatic heterocycles. The maximum Gasteiger partial charge on any atom is 0.267 e. The van der Waals surface area contributed by atoms with Crippen LogP contribution in [0.1, 0.15) is 0 Å². The molecule has 6 nitrogen and oxygen atoms in total. The second-order valence-corrected chi connectivity index (χ2v) is 5.94. The third-order valence-electron chi connectivity index (χ3n) is 4.25. The Morgan fingerprint density at radius 2 is 1.77 bits per heavy atom. The number of fused-ring (bicyclic) bond motifs is 1. The molecule has 0 fully saturated rings. The maximum atomic E-state index is 12.8. The van der Waals surface area contributed by atoms with E-state index in [2.05, 4.69) is 5.10 Å². The van der Waals surface area contributed by atoms with Crippen molar-refractivity contribution in [2.75, 3.05) is 18.1 Å². The number of carbonyl (C=O) groups is 1. The number of nitrogens with zero attached hydrogens (tertiary/aromatic N) is 3. The molecule has 0 saturated carbocycles. The van der Waals surface area contributed by atoms with E-state index in [1.165, 1.54) is 10.7 Å². The minimum absolute atomic E-state index is 0.117. The van der Waals surface area contributed by atoms with Crippen molar-refractivity contribution in [3.63, 3.8) is 0 Å². The standard InChI is InChI=1S/C20H17N3O3/c24-19-11-10-16(15-6-2-1-3-7-15)21-23(19)14-20(25)22-12-13-26-18-9-5-4-8-17(18)22/h1-11H,12-14H2. The summed E-state index contributed by atoms with van der Waals surface area (Å²) in [5, 5.41) is 4.36. The Balaban J connectivity index is 1.62. The van der Waals surface area contributed by atoms with Crippen LogP contribution < -0.4 is 15.2 Å². The van der Waals surface area contributed by atoms with Gasteiger partial charge in [-0.1, -0.05) is 42.5 Å². The van der Waals surface area contributed by atoms with Crippen molar-refractivity contribution in [1.29, 1.82) is 0 Å². The zero-order valence-corrected chi connectivity index (χ0v) is 14.0. The Morgan fingerprint density at radius 1 is 1.00 bits per heavy atom. The molecule has 0 aliphatic carbocycles. The second-order valence-electron chi connectivity index (χ2n) is 5.94. The fraction of sp³-hybridized carbons (Fsp3) is 0.150. The topological polar surface area (TPSA) is 64.4 Å². The Morgan fingerprint density at radius 3 is 2.62 bits per heavy atom. The molecule has 0 N–H and O–H groups in total. The number of amides is 1. The minimum atomic E-state index is -0.306. The molecule has 1 amide bonds. The number of hydrogen-bond donors (Lipinski definition) is 0. The van der Waals surface area contributed by atoms with Crippen molar-refractivity contribution < 1.29 is 9.53 Å². The molecule has 0 bridgehead atoms. The SMILES string of the molecule is O=C(Cn1nc(-c2ccccc2)ccc1=O)N1CCOc2ccccc21. The normalized spacial score (nSPS) is 13.0. The van der Waals surface area contributed by atoms with Crippen LogP contribution in [0.2, 0.25) is 0 Å². The Labute approximate surface area is 150 Å². The number of para-hydroxylation sites is 2. The third-order valence-corrected chi connectivity index (χ3v) is 4.25. The lowest BCUT2D eigenvalue weighted by atomic mass is 10.1. The number of rotatable bonds is 3. The predicted molar refractivity (Wildman–Crippen MR) is 98.2 cm³/mol. The zero-order chi connectivity index (χ0) is 17.9. The average molecular weight is 347 g/mol. The first kappa shape index (κ1) is 16.1. The highest BCUT2D eigenvalue weighted by atomic mass is 16.5. The summed E-state index contributed by atoms with van der Waals surface area (Å²) < 4.78 is 6.79. The largest absolute Gasteiger partial charge is 0.490 e. The zero-order valence-electron chi connectivity index (χ0n) is 14.0. The fourth-order valence-electron chi connectivity index (χ4n) is 2.97. The van der Waals surface area contributed by atoms with Crippen molar-refractivity contribution in [3.05, 3.63) is 77.1 Å². The van der Waals surface area contributed by atoms with Gasteiger partial charge in [-0.3, -0.25) is 9.59 Å². The molecular weight excluding hydrogens is 330 g/mol. The molecule has 0 saturated heterocycles. The Kier molecular flexibility index (Phi) is 4.23. The molecule has 0 atom stereocenters. The quantitative estimate of drug-likeness (QED) is 0.729. The molecule has 3 aromatic rings. The van der Waals surface area contributed by atoms with Gasteiger partial charge in [0.05, 0.1) is 17.9 Å². The van der Waals surface area contributed by atoms with E-state index in [1.54, 1.807) is 11.0 Å². The number of ether oxygens (including phenoxy) is 1. The Bertz CT molecular complexity index is 998. The number of hydrogen-bond acceptors (Lipinski definition) is 4. The van der Waals surface area contributed by atoms with E-state index in [-0.39, 0.29) is 18.0 Å². The highest BCUT2D eigenvalue weighted by Crippen LogP contribution is 2.31. The molecule has 6 heteroatoms. The molecular formula is C20H17N3O3. The fourth-order valence-corrected chi connectivity index (χ4v) is 2.97. The van der Waals surface area contributed by atoms with E-state index in [1.807, 2.05) is 54.6 Å². The van der Waals surface area contributed by atoms with Crippen LogP contribution in [0, 0.1) is 0 Å². The molecule has 0 radical (unpaired) electrons. The van der Waals surface area contributed by atoms with Crippen LogP contribution in [0.3, 0.4) is 0 Å². The minimum Gasteiger partial charge on any atom is -0.490 e. The predicted octanol–water partition coefficient (Wildman–Crippen LogP) is 2.34. The van der Waals surface area contributed by atoms with Crippen molar-refractivity contribution in [3.8, 4) is 17.0 Å². The van der Waals surface area contributed by atoms with Gasteiger partial charge in [0.2, 0.25) is 5.91 Å². The summed E-state index contributed by atoms with van der Waals surface area (Å²) in [5.74, 6) is 0.478. The first-order valence-electron chi connectivity index (χ1n) is 8.38. The lowest BCUT2D eigenvalue weighted by Crippen LogP contribution is -2.41. The molecule has 0 unspecified atom stereocenters. The van der Waals surface area contributed by atoms with Crippen molar-refractivity contribution in [2.24, 2.45) is 0 Å². The Hall–Kier alpha value is -3.41. The van der Waals surface area contributed by atoms with Crippen LogP contribution in [-0.4, -0.2) is 28.8 Å². The lowest BCUT2D eigenvalue weighted by molar-refractivity contribution is -0.119. The monoisotopic (exact) mass is 347 g/mol. The molecule has 4 rings (SSSR count). The summed E-state index contributed by atoms with van der Waals surface area (Å²) in [6, 6.07) is 20.0. The molecule has 2 heterocycles. The van der Waals surface area contributed by atoms with Gasteiger partial charge >= 0.3 is 0 Å². The van der Waals surface area contributed by atoms with Crippen molar-refractivity contribution >= 4 is 11.6 Å². The third kappa shape index (κ3) is 3.09. The molecule has 26 heavy (non-hydrogen) atoms. The van der Waals surface area contributed by atoms with Crippen LogP contribution in [0.15, 0.2) is 71.5 Å². The molecule has 0 spiro atoms. The molecule has 130 valence electrons. The van der Waals surface area contributed by atoms with Crippen molar-refractivity contribution in [1.82, 2.24) is 9.78 Å². The van der Waals surface area contributed by atoms with E-state index in [4.69, 9.17) is 4.74 Å². The van der Waals surface area contributed by atoms with Gasteiger partial charge in [0, 0.05) is 11.6 Å². The van der Waals surface area contributed by atoms with Gasteiger partial charge in [-0.15, -0.1) is 0 Å². The summed E-state index contributed by atoms with van der Waals surface area (Å²) in [6.07, 6.45) is 0. The second kappa shape index (κ2) is 6.84. The van der Waals surface area contributed by atoms with Gasteiger partial charge in [0.15, 0.2) is 0 Å². The number of benzene rings is 2. The van der Waals surface area contributed by atoms with Crippen LogP contribution in [0.25, 0.3) is 11.3 Å². The van der Waals surface area contributed by atoms with Crippen LogP contribution >= 0.6 is 0 Å². The molecule has 1 aliphatic rings. The number of aromatic nitrogens is 2. The van der Waals surface area contributed by atoms with Crippen LogP contribution in [-0.2, 0) is 11.3 Å². The van der Waals surface area contributed by atoms with E-state index in [0.717, 1.165) is 11.3 Å². The number of anilines is 1. The van der Waals surface area contributed by atoms with E-state index >= 15 is 0 Å². The molecule has 2 aromatic carbocycles. The van der Waals surface area contributed by atoms with Gasteiger partial charge < -0.3 is 9.64 Å². The maximum absolute atomic E-state index is 12.8. The summed E-state index contributed by atoms with van der Waals surface area (Å²) in [5.41, 5.74) is 1.96. The smallest absolute Gasteiger partial charge is 0.267 e. The van der Waals surface area contributed by atoms with Gasteiger partial charge in [-0.2, -0.15) is 5.10 Å². The van der Waals surface area contributed by atoms with Crippen LogP contribution in [0.4, 0.5) is 5.69 Å². The highest BCUT2D eigenvalue weighted by Gasteiger charge is 2.24.